The standard InChI is InChI=1S/C16H14N2O8/c1-2-5-25-16(20)10-6-12(19)9-13(7-10)26-15-4-3-11(17(21)22)8-14(15)18(23)24/h3-4,6-9,19H,2,5H2,1H3. The molecule has 2 rings (SSSR count). The number of phenols is 1. The molecule has 26 heavy (non-hydrogen) atoms. The van der Waals surface area contributed by atoms with Crippen LogP contribution in [0.5, 0.6) is 17.2 Å². The van der Waals surface area contributed by atoms with E-state index in [0.29, 0.717) is 6.42 Å². The third-order valence-corrected chi connectivity index (χ3v) is 3.14. The van der Waals surface area contributed by atoms with E-state index in [1.165, 1.54) is 6.07 Å². The van der Waals surface area contributed by atoms with Gasteiger partial charge in [-0.3, -0.25) is 20.2 Å². The normalized spacial score (nSPS) is 10.2. The van der Waals surface area contributed by atoms with Gasteiger partial charge in [0.1, 0.15) is 11.5 Å². The molecule has 1 N–H and O–H groups in total. The van der Waals surface area contributed by atoms with Crippen LogP contribution in [0.3, 0.4) is 0 Å². The van der Waals surface area contributed by atoms with Crippen LogP contribution in [0, 0.1) is 20.2 Å². The van der Waals surface area contributed by atoms with Crippen molar-refractivity contribution in [2.24, 2.45) is 0 Å². The average Bonchev–Trinajstić information content (AvgIpc) is 2.59. The molecule has 0 radical (unpaired) electrons. The van der Waals surface area contributed by atoms with Crippen LogP contribution in [0.1, 0.15) is 23.7 Å². The Hall–Kier alpha value is -3.69. The molecule has 0 unspecified atom stereocenters. The minimum absolute atomic E-state index is 0.00184. The SMILES string of the molecule is CCCOC(=O)c1cc(O)cc(Oc2ccc([N+](=O)[O-])cc2[N+](=O)[O-])c1. The van der Waals surface area contributed by atoms with E-state index in [4.69, 9.17) is 9.47 Å². The number of esters is 1. The van der Waals surface area contributed by atoms with Crippen molar-refractivity contribution in [2.75, 3.05) is 6.61 Å². The number of carbonyl (C=O) groups excluding carboxylic acids is 1. The average molecular weight is 362 g/mol. The number of phenolic OH excluding ortho intramolecular Hbond substituents is 1. The van der Waals surface area contributed by atoms with Crippen molar-refractivity contribution in [2.45, 2.75) is 13.3 Å². The van der Waals surface area contributed by atoms with Gasteiger partial charge in [-0.25, -0.2) is 4.79 Å². The second kappa shape index (κ2) is 7.92. The van der Waals surface area contributed by atoms with Gasteiger partial charge in [-0.05, 0) is 24.6 Å². The summed E-state index contributed by atoms with van der Waals surface area (Å²) in [4.78, 5) is 32.2. The van der Waals surface area contributed by atoms with Gasteiger partial charge in [-0.2, -0.15) is 0 Å². The van der Waals surface area contributed by atoms with Gasteiger partial charge < -0.3 is 14.6 Å². The summed E-state index contributed by atoms with van der Waals surface area (Å²) in [5, 5.41) is 31.6. The number of nitrogens with zero attached hydrogens (tertiary/aromatic N) is 2. The van der Waals surface area contributed by atoms with Crippen molar-refractivity contribution in [3.8, 4) is 17.2 Å². The fraction of sp³-hybridized carbons (Fsp3) is 0.188. The van der Waals surface area contributed by atoms with E-state index in [2.05, 4.69) is 0 Å². The van der Waals surface area contributed by atoms with Gasteiger partial charge in [-0.15, -0.1) is 0 Å². The fourth-order valence-corrected chi connectivity index (χ4v) is 2.01. The highest BCUT2D eigenvalue weighted by Gasteiger charge is 2.22. The van der Waals surface area contributed by atoms with Gasteiger partial charge in [0.25, 0.3) is 5.69 Å². The van der Waals surface area contributed by atoms with E-state index >= 15 is 0 Å². The van der Waals surface area contributed by atoms with Gasteiger partial charge in [0.05, 0.1) is 28.1 Å². The van der Waals surface area contributed by atoms with E-state index in [9.17, 15) is 30.1 Å². The summed E-state index contributed by atoms with van der Waals surface area (Å²) < 4.78 is 10.3. The minimum Gasteiger partial charge on any atom is -0.508 e. The predicted octanol–water partition coefficient (Wildman–Crippen LogP) is 3.57. The lowest BCUT2D eigenvalue weighted by Gasteiger charge is -2.09. The van der Waals surface area contributed by atoms with Crippen molar-refractivity contribution in [1.82, 2.24) is 0 Å². The number of ether oxygens (including phenoxy) is 2. The lowest BCUT2D eigenvalue weighted by atomic mass is 10.2. The molecular formula is C16H14N2O8. The van der Waals surface area contributed by atoms with Gasteiger partial charge in [0.15, 0.2) is 0 Å². The van der Waals surface area contributed by atoms with Gasteiger partial charge in [0.2, 0.25) is 5.75 Å². The first-order chi connectivity index (χ1) is 12.3. The zero-order valence-corrected chi connectivity index (χ0v) is 13.6. The summed E-state index contributed by atoms with van der Waals surface area (Å²) in [6.07, 6.45) is 0.614. The Labute approximate surface area is 146 Å². The van der Waals surface area contributed by atoms with E-state index in [-0.39, 0.29) is 29.4 Å². The molecule has 0 aromatic heterocycles. The summed E-state index contributed by atoms with van der Waals surface area (Å²) in [7, 11) is 0. The molecule has 0 saturated heterocycles. The Balaban J connectivity index is 2.36. The van der Waals surface area contributed by atoms with Crippen LogP contribution in [-0.2, 0) is 4.74 Å². The summed E-state index contributed by atoms with van der Waals surface area (Å²) in [6.45, 7) is 2.01. The molecule has 0 aliphatic heterocycles. The highest BCUT2D eigenvalue weighted by Crippen LogP contribution is 2.35. The molecule has 0 aliphatic carbocycles. The highest BCUT2D eigenvalue weighted by molar-refractivity contribution is 5.90. The maximum absolute atomic E-state index is 11.9. The number of nitro groups is 2. The topological polar surface area (TPSA) is 142 Å². The maximum atomic E-state index is 11.9. The first-order valence-electron chi connectivity index (χ1n) is 7.43. The molecule has 0 saturated carbocycles. The zero-order valence-electron chi connectivity index (χ0n) is 13.6. The molecular weight excluding hydrogens is 348 g/mol. The molecule has 0 aliphatic rings. The summed E-state index contributed by atoms with van der Waals surface area (Å²) in [5.74, 6) is -1.34. The van der Waals surface area contributed by atoms with Crippen LogP contribution in [0.25, 0.3) is 0 Å². The number of aromatic hydroxyl groups is 1. The number of hydrogen-bond donors (Lipinski definition) is 1. The molecule has 0 atom stereocenters. The Morgan fingerprint density at radius 1 is 1.12 bits per heavy atom. The van der Waals surface area contributed by atoms with Gasteiger partial charge in [0, 0.05) is 12.1 Å². The van der Waals surface area contributed by atoms with Crippen molar-refractivity contribution < 1.29 is 29.2 Å². The third-order valence-electron chi connectivity index (χ3n) is 3.14. The van der Waals surface area contributed by atoms with Crippen LogP contribution in [0.15, 0.2) is 36.4 Å². The summed E-state index contributed by atoms with van der Waals surface area (Å²) >= 11 is 0. The van der Waals surface area contributed by atoms with Gasteiger partial charge >= 0.3 is 11.7 Å². The van der Waals surface area contributed by atoms with E-state index in [1.54, 1.807) is 0 Å². The Morgan fingerprint density at radius 2 is 1.85 bits per heavy atom. The number of rotatable bonds is 7. The van der Waals surface area contributed by atoms with Crippen molar-refractivity contribution in [3.63, 3.8) is 0 Å². The van der Waals surface area contributed by atoms with Crippen LogP contribution < -0.4 is 4.74 Å². The molecule has 10 nitrogen and oxygen atoms in total. The minimum atomic E-state index is -0.832. The smallest absolute Gasteiger partial charge is 0.338 e. The number of carbonyl (C=O) groups is 1. The molecule has 0 spiro atoms. The van der Waals surface area contributed by atoms with Crippen molar-refractivity contribution in [1.29, 1.82) is 0 Å². The molecule has 0 amide bonds. The van der Waals surface area contributed by atoms with E-state index < -0.39 is 27.2 Å². The van der Waals surface area contributed by atoms with Crippen LogP contribution in [0.2, 0.25) is 0 Å². The first kappa shape index (κ1) is 18.6. The van der Waals surface area contributed by atoms with Crippen LogP contribution in [-0.4, -0.2) is 27.5 Å². The van der Waals surface area contributed by atoms with Crippen molar-refractivity contribution >= 4 is 17.3 Å². The lowest BCUT2D eigenvalue weighted by molar-refractivity contribution is -0.394. The highest BCUT2D eigenvalue weighted by atomic mass is 16.6. The van der Waals surface area contributed by atoms with Crippen molar-refractivity contribution in [3.05, 3.63) is 62.2 Å². The molecule has 0 fully saturated rings. The molecule has 2 aromatic rings. The van der Waals surface area contributed by atoms with E-state index in [0.717, 1.165) is 30.3 Å². The number of nitro benzene ring substituents is 2. The molecule has 0 heterocycles. The van der Waals surface area contributed by atoms with Gasteiger partial charge in [-0.1, -0.05) is 6.92 Å². The van der Waals surface area contributed by atoms with E-state index in [1.807, 2.05) is 6.92 Å². The largest absolute Gasteiger partial charge is 0.508 e. The maximum Gasteiger partial charge on any atom is 0.338 e. The number of hydrogen-bond acceptors (Lipinski definition) is 8. The molecule has 10 heteroatoms. The first-order valence-corrected chi connectivity index (χ1v) is 7.43. The third kappa shape index (κ3) is 4.44. The van der Waals surface area contributed by atoms with Crippen LogP contribution >= 0.6 is 0 Å². The summed E-state index contributed by atoms with van der Waals surface area (Å²) in [6, 6.07) is 6.41. The second-order valence-corrected chi connectivity index (χ2v) is 5.12. The molecule has 136 valence electrons. The fourth-order valence-electron chi connectivity index (χ4n) is 2.01. The van der Waals surface area contributed by atoms with Crippen LogP contribution in [0.4, 0.5) is 11.4 Å². The summed E-state index contributed by atoms with van der Waals surface area (Å²) in [5.41, 5.74) is -1.10. The Bertz CT molecular complexity index is 865. The zero-order chi connectivity index (χ0) is 19.3. The quantitative estimate of drug-likeness (QED) is 0.447. The monoisotopic (exact) mass is 362 g/mol. The number of non-ortho nitro benzene ring substituents is 1. The Kier molecular flexibility index (Phi) is 5.68. The second-order valence-electron chi connectivity index (χ2n) is 5.12. The lowest BCUT2D eigenvalue weighted by Crippen LogP contribution is -2.06. The molecule has 2 aromatic carbocycles. The Morgan fingerprint density at radius 3 is 2.46 bits per heavy atom. The predicted molar refractivity (Wildman–Crippen MR) is 88.5 cm³/mol. The number of benzene rings is 2. The molecule has 0 bridgehead atoms.